The molecule has 8 nitrogen and oxygen atoms in total. The molecule has 0 radical (unpaired) electrons. The highest BCUT2D eigenvalue weighted by Gasteiger charge is 2.16. The summed E-state index contributed by atoms with van der Waals surface area (Å²) in [6, 6.07) is -1.16. The number of hydrogen-bond donors (Lipinski definition) is 6. The predicted molar refractivity (Wildman–Crippen MR) is 41.6 cm³/mol. The molecule has 0 unspecified atom stereocenters. The second-order valence-corrected chi connectivity index (χ2v) is 3.14. The number of hydrogen-bond acceptors (Lipinski definition) is 4. The standard InChI is InChI=1S/C4H9NO3.H3O4P/c1-2(6)3(5)4(7)8;1-5(2,3)4/h2-3,6H,5H2,1H3,(H,7,8);(H3,1,2,3,4)/t2-,3+;/m1./s1. The summed E-state index contributed by atoms with van der Waals surface area (Å²) < 4.78 is 8.88. The van der Waals surface area contributed by atoms with Crippen molar-refractivity contribution in [1.29, 1.82) is 0 Å². The second kappa shape index (κ2) is 6.03. The SMILES string of the molecule is C[C@@H](O)[C@H](N)C(=O)O.O=P(O)(O)O. The molecule has 13 heavy (non-hydrogen) atoms. The van der Waals surface area contributed by atoms with E-state index >= 15 is 0 Å². The monoisotopic (exact) mass is 217 g/mol. The minimum Gasteiger partial charge on any atom is -0.480 e. The van der Waals surface area contributed by atoms with Crippen molar-refractivity contribution in [3.05, 3.63) is 0 Å². The first-order valence-corrected chi connectivity index (χ1v) is 4.57. The van der Waals surface area contributed by atoms with Gasteiger partial charge in [0.25, 0.3) is 0 Å². The Morgan fingerprint density at radius 1 is 1.38 bits per heavy atom. The van der Waals surface area contributed by atoms with Crippen LogP contribution in [0.1, 0.15) is 6.92 Å². The van der Waals surface area contributed by atoms with Gasteiger partial charge in [0, 0.05) is 0 Å². The molecular weight excluding hydrogens is 205 g/mol. The van der Waals surface area contributed by atoms with Crippen LogP contribution in [-0.4, -0.2) is 43.0 Å². The van der Waals surface area contributed by atoms with Gasteiger partial charge in [-0.3, -0.25) is 4.79 Å². The van der Waals surface area contributed by atoms with Gasteiger partial charge in [-0.15, -0.1) is 0 Å². The minimum absolute atomic E-state index is 0.979. The van der Waals surface area contributed by atoms with Crippen LogP contribution >= 0.6 is 7.82 Å². The Hall–Kier alpha value is -0.500. The van der Waals surface area contributed by atoms with E-state index < -0.39 is 25.9 Å². The number of nitrogens with two attached hydrogens (primary N) is 1. The highest BCUT2D eigenvalue weighted by atomic mass is 31.2. The Balaban J connectivity index is 0. The Labute approximate surface area is 73.9 Å². The molecule has 0 saturated carbocycles. The van der Waals surface area contributed by atoms with Gasteiger partial charge in [-0.1, -0.05) is 0 Å². The van der Waals surface area contributed by atoms with Crippen molar-refractivity contribution >= 4 is 13.8 Å². The van der Waals surface area contributed by atoms with E-state index in [1.165, 1.54) is 6.92 Å². The highest BCUT2D eigenvalue weighted by molar-refractivity contribution is 7.45. The molecule has 0 aromatic rings. The number of phosphoric acid groups is 1. The van der Waals surface area contributed by atoms with Gasteiger partial charge in [0.15, 0.2) is 0 Å². The molecule has 80 valence electrons. The molecule has 0 aliphatic rings. The number of carboxylic acid groups (broad SMARTS) is 1. The van der Waals surface area contributed by atoms with E-state index in [9.17, 15) is 4.79 Å². The summed E-state index contributed by atoms with van der Waals surface area (Å²) in [6.07, 6.45) is -0.979. The third kappa shape index (κ3) is 18.5. The molecule has 7 N–H and O–H groups in total. The zero-order chi connectivity index (χ0) is 11.2. The topological polar surface area (TPSA) is 161 Å². The number of aliphatic hydroxyl groups excluding tert-OH is 1. The van der Waals surface area contributed by atoms with E-state index in [4.69, 9.17) is 35.2 Å². The van der Waals surface area contributed by atoms with E-state index in [1.807, 2.05) is 0 Å². The minimum atomic E-state index is -4.64. The molecule has 0 aromatic carbocycles. The Morgan fingerprint density at radius 2 is 1.62 bits per heavy atom. The summed E-state index contributed by atoms with van der Waals surface area (Å²) in [7, 11) is -4.64. The maximum absolute atomic E-state index is 9.86. The van der Waals surface area contributed by atoms with Crippen molar-refractivity contribution in [2.45, 2.75) is 19.1 Å². The molecule has 0 aliphatic carbocycles. The fourth-order valence-corrected chi connectivity index (χ4v) is 0.206. The fraction of sp³-hybridized carbons (Fsp3) is 0.750. The molecule has 9 heteroatoms. The summed E-state index contributed by atoms with van der Waals surface area (Å²) in [5, 5.41) is 16.6. The molecule has 0 fully saturated rings. The van der Waals surface area contributed by atoms with E-state index in [-0.39, 0.29) is 0 Å². The van der Waals surface area contributed by atoms with Crippen LogP contribution in [0.25, 0.3) is 0 Å². The number of carboxylic acids is 1. The first-order chi connectivity index (χ1) is 5.55. The third-order valence-corrected chi connectivity index (χ3v) is 0.805. The van der Waals surface area contributed by atoms with Crippen LogP contribution < -0.4 is 5.73 Å². The van der Waals surface area contributed by atoms with Gasteiger partial charge in [-0.05, 0) is 6.92 Å². The predicted octanol–water partition coefficient (Wildman–Crippen LogP) is -2.15. The van der Waals surface area contributed by atoms with Crippen molar-refractivity contribution in [1.82, 2.24) is 0 Å². The molecule has 0 bridgehead atoms. The zero-order valence-electron chi connectivity index (χ0n) is 6.73. The zero-order valence-corrected chi connectivity index (χ0v) is 7.63. The molecule has 0 rings (SSSR count). The van der Waals surface area contributed by atoms with Crippen molar-refractivity contribution in [2.24, 2.45) is 5.73 Å². The summed E-state index contributed by atoms with van der Waals surface area (Å²) >= 11 is 0. The van der Waals surface area contributed by atoms with E-state index in [0.29, 0.717) is 0 Å². The Bertz CT molecular complexity index is 190. The maximum Gasteiger partial charge on any atom is 0.466 e. The van der Waals surface area contributed by atoms with Crippen molar-refractivity contribution in [3.63, 3.8) is 0 Å². The van der Waals surface area contributed by atoms with Crippen LogP contribution in [0, 0.1) is 0 Å². The van der Waals surface area contributed by atoms with E-state index in [1.54, 1.807) is 0 Å². The molecular formula is C4H12NO7P. The van der Waals surface area contributed by atoms with Crippen LogP contribution in [0.3, 0.4) is 0 Å². The van der Waals surface area contributed by atoms with Gasteiger partial charge in [0.2, 0.25) is 0 Å². The highest BCUT2D eigenvalue weighted by Crippen LogP contribution is 2.25. The van der Waals surface area contributed by atoms with Crippen LogP contribution in [0.2, 0.25) is 0 Å². The number of aliphatic carboxylic acids is 1. The second-order valence-electron chi connectivity index (χ2n) is 2.12. The first kappa shape index (κ1) is 15.0. The van der Waals surface area contributed by atoms with Crippen LogP contribution in [0.4, 0.5) is 0 Å². The Morgan fingerprint density at radius 3 is 1.62 bits per heavy atom. The van der Waals surface area contributed by atoms with Gasteiger partial charge in [0.05, 0.1) is 6.10 Å². The van der Waals surface area contributed by atoms with Crippen LogP contribution in [-0.2, 0) is 9.36 Å². The van der Waals surface area contributed by atoms with Crippen molar-refractivity contribution in [2.75, 3.05) is 0 Å². The van der Waals surface area contributed by atoms with Gasteiger partial charge >= 0.3 is 13.8 Å². The summed E-state index contributed by atoms with van der Waals surface area (Å²) in [6.45, 7) is 1.33. The third-order valence-electron chi connectivity index (χ3n) is 0.805. The largest absolute Gasteiger partial charge is 0.480 e. The van der Waals surface area contributed by atoms with E-state index in [0.717, 1.165) is 0 Å². The van der Waals surface area contributed by atoms with Crippen molar-refractivity contribution in [3.8, 4) is 0 Å². The summed E-state index contributed by atoms with van der Waals surface area (Å²) in [4.78, 5) is 31.4. The molecule has 0 spiro atoms. The van der Waals surface area contributed by atoms with Gasteiger partial charge in [-0.2, -0.15) is 0 Å². The quantitative estimate of drug-likeness (QED) is 0.285. The summed E-state index contributed by atoms with van der Waals surface area (Å²) in [5.74, 6) is -1.18. The lowest BCUT2D eigenvalue weighted by Gasteiger charge is -2.06. The van der Waals surface area contributed by atoms with Gasteiger partial charge in [0.1, 0.15) is 6.04 Å². The average Bonchev–Trinajstić information content (AvgIpc) is 1.81. The van der Waals surface area contributed by atoms with Crippen LogP contribution in [0.5, 0.6) is 0 Å². The number of rotatable bonds is 2. The lowest BCUT2D eigenvalue weighted by Crippen LogP contribution is -2.39. The Kier molecular flexibility index (Phi) is 6.96. The average molecular weight is 217 g/mol. The molecule has 0 heterocycles. The normalized spacial score (nSPS) is 15.2. The number of carbonyl (C=O) groups is 1. The lowest BCUT2D eigenvalue weighted by atomic mass is 10.2. The molecule has 0 aliphatic heterocycles. The molecule has 2 atom stereocenters. The van der Waals surface area contributed by atoms with E-state index in [2.05, 4.69) is 0 Å². The molecule has 0 aromatic heterocycles. The van der Waals surface area contributed by atoms with Gasteiger partial charge in [-0.25, -0.2) is 4.57 Å². The lowest BCUT2D eigenvalue weighted by molar-refractivity contribution is -0.140. The summed E-state index contributed by atoms with van der Waals surface area (Å²) in [5.41, 5.74) is 4.91. The van der Waals surface area contributed by atoms with Gasteiger partial charge < -0.3 is 30.6 Å². The van der Waals surface area contributed by atoms with Crippen molar-refractivity contribution < 1.29 is 34.3 Å². The number of aliphatic hydroxyl groups is 1. The van der Waals surface area contributed by atoms with Crippen LogP contribution in [0.15, 0.2) is 0 Å². The first-order valence-electron chi connectivity index (χ1n) is 3.00. The molecule has 0 amide bonds. The maximum atomic E-state index is 9.86. The fourth-order valence-electron chi connectivity index (χ4n) is 0.206. The smallest absolute Gasteiger partial charge is 0.466 e. The molecule has 0 saturated heterocycles.